The number of hydrogen-bond donors (Lipinski definition) is 0. The van der Waals surface area contributed by atoms with E-state index in [4.69, 9.17) is 9.47 Å². The number of alkyl halides is 2. The van der Waals surface area contributed by atoms with Gasteiger partial charge in [0, 0.05) is 21.5 Å². The molecule has 0 aliphatic heterocycles. The van der Waals surface area contributed by atoms with E-state index in [9.17, 15) is 0 Å². The second-order valence-electron chi connectivity index (χ2n) is 4.94. The summed E-state index contributed by atoms with van der Waals surface area (Å²) in [5, 5.41) is 4.30. The first-order chi connectivity index (χ1) is 10.8. The molecule has 0 saturated carbocycles. The van der Waals surface area contributed by atoms with Gasteiger partial charge in [0.05, 0.1) is 0 Å². The molecule has 22 heavy (non-hydrogen) atoms. The van der Waals surface area contributed by atoms with Gasteiger partial charge >= 0.3 is 0 Å². The Balaban J connectivity index is 2.46. The number of halogens is 2. The lowest BCUT2D eigenvalue weighted by Gasteiger charge is -2.17. The summed E-state index contributed by atoms with van der Waals surface area (Å²) in [5.74, 6) is 1.80. The highest BCUT2D eigenvalue weighted by Crippen LogP contribution is 2.43. The summed E-state index contributed by atoms with van der Waals surface area (Å²) in [7, 11) is 0. The third-order valence-corrected chi connectivity index (χ3v) is 4.25. The van der Waals surface area contributed by atoms with E-state index in [1.807, 2.05) is 12.1 Å². The van der Waals surface area contributed by atoms with Gasteiger partial charge in [0.25, 0.3) is 0 Å². The summed E-state index contributed by atoms with van der Waals surface area (Å²) in [6, 6.07) is 14.7. The maximum atomic E-state index is 5.91. The molecular formula is C18H16Br2O2. The fourth-order valence-electron chi connectivity index (χ4n) is 2.79. The minimum atomic E-state index is 0.459. The van der Waals surface area contributed by atoms with E-state index >= 15 is 0 Å². The Kier molecular flexibility index (Phi) is 4.89. The van der Waals surface area contributed by atoms with Crippen LogP contribution in [0, 0.1) is 0 Å². The highest BCUT2D eigenvalue weighted by molar-refractivity contribution is 9.09. The Hall–Kier alpha value is -1.26. The molecule has 0 aliphatic rings. The number of fused-ring (bicyclic) bond motifs is 2. The van der Waals surface area contributed by atoms with Gasteiger partial charge in [-0.05, 0) is 49.9 Å². The Morgan fingerprint density at radius 2 is 1.32 bits per heavy atom. The van der Waals surface area contributed by atoms with Crippen LogP contribution in [0.3, 0.4) is 0 Å². The lowest BCUT2D eigenvalue weighted by Crippen LogP contribution is -1.97. The third-order valence-electron chi connectivity index (χ3n) is 3.80. The maximum Gasteiger partial charge on any atom is 0.143 e. The summed E-state index contributed by atoms with van der Waals surface area (Å²) >= 11 is 6.76. The molecule has 3 aromatic rings. The molecule has 0 unspecified atom stereocenters. The summed E-state index contributed by atoms with van der Waals surface area (Å²) < 4.78 is 11.8. The normalized spacial score (nSPS) is 11.0. The number of hydrogen-bond acceptors (Lipinski definition) is 2. The molecule has 0 atom stereocenters. The summed E-state index contributed by atoms with van der Waals surface area (Å²) in [6.07, 6.45) is 0.991. The highest BCUT2D eigenvalue weighted by Gasteiger charge is 2.16. The maximum absolute atomic E-state index is 5.91. The zero-order chi connectivity index (χ0) is 15.5. The van der Waals surface area contributed by atoms with Crippen LogP contribution in [0.5, 0.6) is 11.5 Å². The lowest BCUT2D eigenvalue weighted by atomic mass is 9.98. The number of benzene rings is 3. The van der Waals surface area contributed by atoms with Crippen LogP contribution in [0.2, 0.25) is 0 Å². The predicted octanol–water partition coefficient (Wildman–Crippen LogP) is 6.02. The Labute approximate surface area is 146 Å². The minimum absolute atomic E-state index is 0.459. The molecule has 3 aromatic carbocycles. The molecule has 0 heterocycles. The van der Waals surface area contributed by atoms with Crippen LogP contribution in [0.1, 0.15) is 12.5 Å². The average molecular weight is 424 g/mol. The van der Waals surface area contributed by atoms with Crippen molar-refractivity contribution in [2.75, 3.05) is 11.0 Å². The molecule has 4 heteroatoms. The quantitative estimate of drug-likeness (QED) is 0.369. The zero-order valence-corrected chi connectivity index (χ0v) is 15.4. The smallest absolute Gasteiger partial charge is 0.143 e. The third kappa shape index (κ3) is 2.70. The predicted molar refractivity (Wildman–Crippen MR) is 99.7 cm³/mol. The fourth-order valence-corrected chi connectivity index (χ4v) is 3.24. The van der Waals surface area contributed by atoms with Gasteiger partial charge in [0.15, 0.2) is 0 Å². The van der Waals surface area contributed by atoms with Crippen LogP contribution in [0.25, 0.3) is 21.5 Å². The minimum Gasteiger partial charge on any atom is -0.481 e. The molecule has 0 aromatic heterocycles. The van der Waals surface area contributed by atoms with E-state index in [0.29, 0.717) is 11.0 Å². The largest absolute Gasteiger partial charge is 0.481 e. The molecule has 0 bridgehead atoms. The van der Waals surface area contributed by atoms with E-state index in [1.54, 1.807) is 0 Å². The van der Waals surface area contributed by atoms with Crippen LogP contribution >= 0.6 is 31.9 Å². The molecule has 114 valence electrons. The van der Waals surface area contributed by atoms with Gasteiger partial charge in [0.1, 0.15) is 22.5 Å². The van der Waals surface area contributed by atoms with Crippen molar-refractivity contribution < 1.29 is 9.47 Å². The number of ether oxygens (including phenoxy) is 2. The van der Waals surface area contributed by atoms with Crippen molar-refractivity contribution in [1.29, 1.82) is 0 Å². The number of aryl methyl sites for hydroxylation is 1. The van der Waals surface area contributed by atoms with Crippen LogP contribution < -0.4 is 9.47 Å². The van der Waals surface area contributed by atoms with Gasteiger partial charge in [-0.25, -0.2) is 0 Å². The monoisotopic (exact) mass is 422 g/mol. The van der Waals surface area contributed by atoms with Gasteiger partial charge in [0.2, 0.25) is 0 Å². The van der Waals surface area contributed by atoms with E-state index in [-0.39, 0.29) is 0 Å². The van der Waals surface area contributed by atoms with E-state index in [1.165, 1.54) is 5.56 Å². The van der Waals surface area contributed by atoms with Gasteiger partial charge in [-0.1, -0.05) is 43.3 Å². The standard InChI is InChI=1S/C18H16Br2O2/c1-2-12-7-8-15-16(9-12)18(22-11-20)14-6-4-3-5-13(14)17(15)21-10-19/h3-9H,2,10-11H2,1H3. The van der Waals surface area contributed by atoms with Crippen molar-refractivity contribution in [2.45, 2.75) is 13.3 Å². The molecule has 0 amide bonds. The molecule has 0 N–H and O–H groups in total. The van der Waals surface area contributed by atoms with Crippen molar-refractivity contribution in [3.8, 4) is 11.5 Å². The van der Waals surface area contributed by atoms with Crippen molar-refractivity contribution in [3.05, 3.63) is 48.0 Å². The summed E-state index contributed by atoms with van der Waals surface area (Å²) in [4.78, 5) is 0. The molecule has 0 fully saturated rings. The molecule has 0 saturated heterocycles. The SMILES string of the molecule is CCc1ccc2c(OCBr)c3ccccc3c(OCBr)c2c1. The van der Waals surface area contributed by atoms with Crippen LogP contribution in [0.4, 0.5) is 0 Å². The molecule has 0 aliphatic carbocycles. The van der Waals surface area contributed by atoms with Gasteiger partial charge in [-0.15, -0.1) is 0 Å². The first-order valence-corrected chi connectivity index (χ1v) is 9.39. The Morgan fingerprint density at radius 1 is 0.773 bits per heavy atom. The fraction of sp³-hybridized carbons (Fsp3) is 0.222. The van der Waals surface area contributed by atoms with Crippen LogP contribution in [0.15, 0.2) is 42.5 Å². The van der Waals surface area contributed by atoms with Crippen molar-refractivity contribution in [3.63, 3.8) is 0 Å². The van der Waals surface area contributed by atoms with Gasteiger partial charge < -0.3 is 9.47 Å². The lowest BCUT2D eigenvalue weighted by molar-refractivity contribution is 0.400. The molecule has 0 radical (unpaired) electrons. The van der Waals surface area contributed by atoms with Crippen molar-refractivity contribution >= 4 is 53.4 Å². The second kappa shape index (κ2) is 6.88. The van der Waals surface area contributed by atoms with E-state index in [2.05, 4.69) is 69.1 Å². The molecular weight excluding hydrogens is 408 g/mol. The molecule has 2 nitrogen and oxygen atoms in total. The summed E-state index contributed by atoms with van der Waals surface area (Å²) in [6.45, 7) is 2.16. The first kappa shape index (κ1) is 15.6. The Morgan fingerprint density at radius 3 is 1.86 bits per heavy atom. The first-order valence-electron chi connectivity index (χ1n) is 7.15. The highest BCUT2D eigenvalue weighted by atomic mass is 79.9. The van der Waals surface area contributed by atoms with Crippen molar-refractivity contribution in [2.24, 2.45) is 0 Å². The van der Waals surface area contributed by atoms with E-state index in [0.717, 1.165) is 39.5 Å². The van der Waals surface area contributed by atoms with Gasteiger partial charge in [-0.3, -0.25) is 0 Å². The Bertz CT molecular complexity index is 815. The summed E-state index contributed by atoms with van der Waals surface area (Å²) in [5.41, 5.74) is 2.20. The second-order valence-corrected chi connectivity index (χ2v) is 5.86. The average Bonchev–Trinajstić information content (AvgIpc) is 2.57. The topological polar surface area (TPSA) is 18.5 Å². The number of rotatable bonds is 5. The molecule has 3 rings (SSSR count). The molecule has 0 spiro atoms. The van der Waals surface area contributed by atoms with Crippen molar-refractivity contribution in [1.82, 2.24) is 0 Å². The van der Waals surface area contributed by atoms with E-state index < -0.39 is 0 Å². The van der Waals surface area contributed by atoms with Crippen LogP contribution in [-0.2, 0) is 6.42 Å². The van der Waals surface area contributed by atoms with Gasteiger partial charge in [-0.2, -0.15) is 0 Å². The van der Waals surface area contributed by atoms with Crippen LogP contribution in [-0.4, -0.2) is 11.0 Å². The zero-order valence-electron chi connectivity index (χ0n) is 12.2.